The average molecular weight is 401 g/mol. The number of carbonyl (C=O) groups excluding carboxylic acids is 1. The van der Waals surface area contributed by atoms with Crippen molar-refractivity contribution in [2.45, 2.75) is 56.1 Å². The minimum absolute atomic E-state index is 0.00140. The van der Waals surface area contributed by atoms with Gasteiger partial charge in [0.25, 0.3) is 5.91 Å². The van der Waals surface area contributed by atoms with Crippen LogP contribution < -0.4 is 5.32 Å². The first-order valence-electron chi connectivity index (χ1n) is 9.12. The number of carbonyl (C=O) groups is 1. The molecule has 1 amide bonds. The van der Waals surface area contributed by atoms with E-state index < -0.39 is 10.0 Å². The van der Waals surface area contributed by atoms with E-state index in [2.05, 4.69) is 5.32 Å². The molecule has 1 aromatic carbocycles. The molecule has 144 valence electrons. The number of rotatable bonds is 5. The lowest BCUT2D eigenvalue weighted by Crippen LogP contribution is -2.41. The molecule has 2 fully saturated rings. The molecule has 8 heteroatoms. The van der Waals surface area contributed by atoms with Crippen LogP contribution in [-0.2, 0) is 14.8 Å². The third-order valence-electron chi connectivity index (χ3n) is 5.01. The first kappa shape index (κ1) is 19.6. The van der Waals surface area contributed by atoms with Crippen LogP contribution in [0.2, 0.25) is 5.02 Å². The summed E-state index contributed by atoms with van der Waals surface area (Å²) in [7, 11) is -3.70. The first-order valence-corrected chi connectivity index (χ1v) is 10.9. The van der Waals surface area contributed by atoms with Crippen molar-refractivity contribution in [3.8, 4) is 0 Å². The van der Waals surface area contributed by atoms with Gasteiger partial charge in [0, 0.05) is 25.3 Å². The van der Waals surface area contributed by atoms with Crippen LogP contribution in [-0.4, -0.2) is 50.5 Å². The summed E-state index contributed by atoms with van der Waals surface area (Å²) < 4.78 is 32.9. The molecule has 2 heterocycles. The average Bonchev–Trinajstić information content (AvgIpc) is 3.17. The molecule has 0 spiro atoms. The molecule has 0 radical (unpaired) electrons. The molecule has 0 bridgehead atoms. The number of ether oxygens (including phenoxy) is 1. The number of benzene rings is 1. The van der Waals surface area contributed by atoms with E-state index in [0.29, 0.717) is 19.7 Å². The minimum atomic E-state index is -3.70. The third-order valence-corrected chi connectivity index (χ3v) is 7.39. The van der Waals surface area contributed by atoms with Crippen LogP contribution >= 0.6 is 11.6 Å². The standard InChI is InChI=1S/C18H25ClN2O4S/c1-13(16-6-5-11-25-16)20-18(22)14-7-8-15(19)17(12-14)26(23,24)21-9-3-2-4-10-21/h7-8,12-13,16H,2-6,9-11H2,1H3,(H,20,22). The molecule has 2 unspecified atom stereocenters. The van der Waals surface area contributed by atoms with Crippen molar-refractivity contribution in [2.75, 3.05) is 19.7 Å². The molecule has 0 aromatic heterocycles. The number of hydrogen-bond donors (Lipinski definition) is 1. The van der Waals surface area contributed by atoms with Gasteiger partial charge in [-0.25, -0.2) is 8.42 Å². The Balaban J connectivity index is 1.79. The van der Waals surface area contributed by atoms with Gasteiger partial charge in [0.1, 0.15) is 4.90 Å². The quantitative estimate of drug-likeness (QED) is 0.824. The highest BCUT2D eigenvalue weighted by Crippen LogP contribution is 2.28. The van der Waals surface area contributed by atoms with Crippen LogP contribution in [0.4, 0.5) is 0 Å². The predicted octanol–water partition coefficient (Wildman–Crippen LogP) is 2.81. The van der Waals surface area contributed by atoms with E-state index in [-0.39, 0.29) is 33.5 Å². The summed E-state index contributed by atoms with van der Waals surface area (Å²) in [6.45, 7) is 3.59. The molecular formula is C18H25ClN2O4S. The Morgan fingerprint density at radius 1 is 1.27 bits per heavy atom. The molecule has 0 saturated carbocycles. The first-order chi connectivity index (χ1) is 12.4. The highest BCUT2D eigenvalue weighted by molar-refractivity contribution is 7.89. The highest BCUT2D eigenvalue weighted by atomic mass is 35.5. The SMILES string of the molecule is CC(NC(=O)c1ccc(Cl)c(S(=O)(=O)N2CCCCC2)c1)C1CCCO1. The fourth-order valence-electron chi connectivity index (χ4n) is 3.47. The Morgan fingerprint density at radius 2 is 2.00 bits per heavy atom. The molecule has 26 heavy (non-hydrogen) atoms. The number of hydrogen-bond acceptors (Lipinski definition) is 4. The largest absolute Gasteiger partial charge is 0.376 e. The van der Waals surface area contributed by atoms with Gasteiger partial charge in [-0.05, 0) is 50.8 Å². The summed E-state index contributed by atoms with van der Waals surface area (Å²) in [6.07, 6.45) is 4.62. The van der Waals surface area contributed by atoms with E-state index in [4.69, 9.17) is 16.3 Å². The van der Waals surface area contributed by atoms with Crippen molar-refractivity contribution in [1.29, 1.82) is 0 Å². The maximum absolute atomic E-state index is 12.9. The maximum Gasteiger partial charge on any atom is 0.251 e. The fourth-order valence-corrected chi connectivity index (χ4v) is 5.48. The van der Waals surface area contributed by atoms with Gasteiger partial charge in [-0.3, -0.25) is 4.79 Å². The number of halogens is 1. The van der Waals surface area contributed by atoms with E-state index in [1.54, 1.807) is 6.07 Å². The lowest BCUT2D eigenvalue weighted by atomic mass is 10.1. The third kappa shape index (κ3) is 4.22. The zero-order valence-electron chi connectivity index (χ0n) is 14.9. The molecule has 0 aliphatic carbocycles. The van der Waals surface area contributed by atoms with Gasteiger partial charge in [-0.2, -0.15) is 4.31 Å². The molecule has 2 aliphatic heterocycles. The smallest absolute Gasteiger partial charge is 0.251 e. The lowest BCUT2D eigenvalue weighted by Gasteiger charge is -2.26. The number of amides is 1. The molecule has 2 saturated heterocycles. The van der Waals surface area contributed by atoms with Gasteiger partial charge >= 0.3 is 0 Å². The number of sulfonamides is 1. The lowest BCUT2D eigenvalue weighted by molar-refractivity contribution is 0.0712. The van der Waals surface area contributed by atoms with Gasteiger partial charge in [0.2, 0.25) is 10.0 Å². The van der Waals surface area contributed by atoms with Crippen molar-refractivity contribution in [3.63, 3.8) is 0 Å². The molecule has 1 N–H and O–H groups in total. The van der Waals surface area contributed by atoms with Crippen molar-refractivity contribution in [2.24, 2.45) is 0 Å². The van der Waals surface area contributed by atoms with Crippen molar-refractivity contribution >= 4 is 27.5 Å². The van der Waals surface area contributed by atoms with Crippen molar-refractivity contribution in [1.82, 2.24) is 9.62 Å². The van der Waals surface area contributed by atoms with Gasteiger partial charge in [-0.1, -0.05) is 18.0 Å². The number of nitrogens with one attached hydrogen (secondary N) is 1. The Hall–Kier alpha value is -1.15. The van der Waals surface area contributed by atoms with Crippen LogP contribution in [0.15, 0.2) is 23.1 Å². The summed E-state index contributed by atoms with van der Waals surface area (Å²) >= 11 is 6.16. The molecule has 6 nitrogen and oxygen atoms in total. The van der Waals surface area contributed by atoms with E-state index in [9.17, 15) is 13.2 Å². The van der Waals surface area contributed by atoms with E-state index in [1.807, 2.05) is 6.92 Å². The minimum Gasteiger partial charge on any atom is -0.376 e. The summed E-state index contributed by atoms with van der Waals surface area (Å²) in [5.41, 5.74) is 0.287. The molecule has 3 rings (SSSR count). The van der Waals surface area contributed by atoms with Crippen LogP contribution in [0.25, 0.3) is 0 Å². The Bertz CT molecular complexity index is 756. The molecule has 1 aromatic rings. The van der Waals surface area contributed by atoms with Gasteiger partial charge in [0.05, 0.1) is 17.2 Å². The fraction of sp³-hybridized carbons (Fsp3) is 0.611. The Labute approximate surface area is 159 Å². The maximum atomic E-state index is 12.9. The number of piperidine rings is 1. The summed E-state index contributed by atoms with van der Waals surface area (Å²) in [4.78, 5) is 12.6. The highest BCUT2D eigenvalue weighted by Gasteiger charge is 2.29. The van der Waals surface area contributed by atoms with Gasteiger partial charge in [0.15, 0.2) is 0 Å². The second-order valence-electron chi connectivity index (χ2n) is 6.92. The van der Waals surface area contributed by atoms with Crippen LogP contribution in [0.1, 0.15) is 49.4 Å². The second-order valence-corrected chi connectivity index (χ2v) is 9.24. The molecule has 2 aliphatic rings. The van der Waals surface area contributed by atoms with Crippen LogP contribution in [0.3, 0.4) is 0 Å². The monoisotopic (exact) mass is 400 g/mol. The summed E-state index contributed by atoms with van der Waals surface area (Å²) in [5, 5.41) is 3.04. The Kier molecular flexibility index (Phi) is 6.22. The number of nitrogens with zero attached hydrogens (tertiary/aromatic N) is 1. The van der Waals surface area contributed by atoms with Gasteiger partial charge < -0.3 is 10.1 Å². The van der Waals surface area contributed by atoms with Crippen molar-refractivity contribution < 1.29 is 17.9 Å². The zero-order chi connectivity index (χ0) is 18.7. The van der Waals surface area contributed by atoms with Crippen molar-refractivity contribution in [3.05, 3.63) is 28.8 Å². The summed E-state index contributed by atoms with van der Waals surface area (Å²) in [5.74, 6) is -0.320. The molecule has 2 atom stereocenters. The van der Waals surface area contributed by atoms with Crippen LogP contribution in [0.5, 0.6) is 0 Å². The predicted molar refractivity (Wildman–Crippen MR) is 100.0 cm³/mol. The van der Waals surface area contributed by atoms with Crippen LogP contribution in [0, 0.1) is 0 Å². The second kappa shape index (κ2) is 8.25. The van der Waals surface area contributed by atoms with E-state index >= 15 is 0 Å². The van der Waals surface area contributed by atoms with Gasteiger partial charge in [-0.15, -0.1) is 0 Å². The molecular weight excluding hydrogens is 376 g/mol. The normalized spacial score (nSPS) is 22.9. The summed E-state index contributed by atoms with van der Waals surface area (Å²) in [6, 6.07) is 4.27. The van der Waals surface area contributed by atoms with E-state index in [0.717, 1.165) is 32.1 Å². The Morgan fingerprint density at radius 3 is 2.65 bits per heavy atom. The topological polar surface area (TPSA) is 75.7 Å². The van der Waals surface area contributed by atoms with E-state index in [1.165, 1.54) is 16.4 Å². The zero-order valence-corrected chi connectivity index (χ0v) is 16.5.